The third-order valence-corrected chi connectivity index (χ3v) is 3.82. The topological polar surface area (TPSA) is 44.4 Å². The number of benzene rings is 1. The predicted molar refractivity (Wildman–Crippen MR) is 79.0 cm³/mol. The van der Waals surface area contributed by atoms with Crippen molar-refractivity contribution in [1.29, 1.82) is 0 Å². The molecule has 1 saturated heterocycles. The molecule has 1 aliphatic heterocycles. The van der Waals surface area contributed by atoms with Gasteiger partial charge in [0, 0.05) is 17.6 Å². The van der Waals surface area contributed by atoms with Gasteiger partial charge in [-0.2, -0.15) is 0 Å². The second-order valence-corrected chi connectivity index (χ2v) is 5.58. The Morgan fingerprint density at radius 2 is 2.32 bits per heavy atom. The Balaban J connectivity index is 1.91. The van der Waals surface area contributed by atoms with Gasteiger partial charge in [0.25, 0.3) is 0 Å². The maximum Gasteiger partial charge on any atom is 0.238 e. The summed E-state index contributed by atoms with van der Waals surface area (Å²) >= 11 is 11.9. The van der Waals surface area contributed by atoms with E-state index in [0.717, 1.165) is 19.5 Å². The number of amides is 1. The van der Waals surface area contributed by atoms with Crippen LogP contribution in [0.15, 0.2) is 18.2 Å². The maximum atomic E-state index is 12.0. The predicted octanol–water partition coefficient (Wildman–Crippen LogP) is 2.23. The number of hydrogen-bond donors (Lipinski definition) is 2. The standard InChI is InChI=1S/C13H17Cl2N3O/c1-18(10-4-5-16-7-10)8-13(19)17-12-6-9(14)2-3-11(12)15/h2-3,6,10,16H,4-5,7-8H2,1H3,(H,17,19). The number of likely N-dealkylation sites (N-methyl/N-ethyl adjacent to an activating group) is 1. The minimum Gasteiger partial charge on any atom is -0.324 e. The lowest BCUT2D eigenvalue weighted by Gasteiger charge is -2.22. The number of carbonyl (C=O) groups excluding carboxylic acids is 1. The van der Waals surface area contributed by atoms with Crippen molar-refractivity contribution in [3.63, 3.8) is 0 Å². The van der Waals surface area contributed by atoms with Gasteiger partial charge in [-0.1, -0.05) is 23.2 Å². The summed E-state index contributed by atoms with van der Waals surface area (Å²) < 4.78 is 0. The fourth-order valence-electron chi connectivity index (χ4n) is 2.15. The molecule has 1 aromatic carbocycles. The highest BCUT2D eigenvalue weighted by Gasteiger charge is 2.21. The van der Waals surface area contributed by atoms with Crippen LogP contribution in [0.25, 0.3) is 0 Å². The second kappa shape index (κ2) is 6.57. The number of nitrogens with one attached hydrogen (secondary N) is 2. The zero-order valence-corrected chi connectivity index (χ0v) is 12.3. The molecule has 1 atom stereocenters. The van der Waals surface area contributed by atoms with Crippen LogP contribution in [0, 0.1) is 0 Å². The van der Waals surface area contributed by atoms with Crippen LogP contribution >= 0.6 is 23.2 Å². The molecule has 1 amide bonds. The normalized spacial score (nSPS) is 18.8. The summed E-state index contributed by atoms with van der Waals surface area (Å²) in [4.78, 5) is 14.0. The molecule has 104 valence electrons. The summed E-state index contributed by atoms with van der Waals surface area (Å²) in [7, 11) is 1.96. The van der Waals surface area contributed by atoms with Crippen molar-refractivity contribution >= 4 is 34.8 Å². The highest BCUT2D eigenvalue weighted by atomic mass is 35.5. The van der Waals surface area contributed by atoms with Crippen LogP contribution in [0.4, 0.5) is 5.69 Å². The molecule has 19 heavy (non-hydrogen) atoms. The van der Waals surface area contributed by atoms with Gasteiger partial charge in [0.1, 0.15) is 0 Å². The molecule has 1 heterocycles. The molecule has 6 heteroatoms. The van der Waals surface area contributed by atoms with E-state index in [1.165, 1.54) is 0 Å². The van der Waals surface area contributed by atoms with Gasteiger partial charge < -0.3 is 10.6 Å². The van der Waals surface area contributed by atoms with E-state index in [4.69, 9.17) is 23.2 Å². The van der Waals surface area contributed by atoms with Gasteiger partial charge in [0.2, 0.25) is 5.91 Å². The molecule has 2 rings (SSSR count). The monoisotopic (exact) mass is 301 g/mol. The van der Waals surface area contributed by atoms with Crippen LogP contribution in [0.2, 0.25) is 10.0 Å². The van der Waals surface area contributed by atoms with Crippen LogP contribution in [0.3, 0.4) is 0 Å². The average Bonchev–Trinajstić information content (AvgIpc) is 2.87. The van der Waals surface area contributed by atoms with E-state index in [1.54, 1.807) is 18.2 Å². The SMILES string of the molecule is CN(CC(=O)Nc1cc(Cl)ccc1Cl)C1CCNC1. The van der Waals surface area contributed by atoms with Crippen molar-refractivity contribution in [3.05, 3.63) is 28.2 Å². The van der Waals surface area contributed by atoms with Crippen molar-refractivity contribution in [2.75, 3.05) is 32.0 Å². The Hall–Kier alpha value is -0.810. The smallest absolute Gasteiger partial charge is 0.238 e. The van der Waals surface area contributed by atoms with Crippen LogP contribution in [0.5, 0.6) is 0 Å². The van der Waals surface area contributed by atoms with Gasteiger partial charge in [0.15, 0.2) is 0 Å². The highest BCUT2D eigenvalue weighted by molar-refractivity contribution is 6.35. The van der Waals surface area contributed by atoms with Gasteiger partial charge in [-0.15, -0.1) is 0 Å². The molecule has 4 nitrogen and oxygen atoms in total. The Kier molecular flexibility index (Phi) is 5.05. The van der Waals surface area contributed by atoms with Crippen molar-refractivity contribution in [3.8, 4) is 0 Å². The van der Waals surface area contributed by atoms with Gasteiger partial charge >= 0.3 is 0 Å². The Labute approximate surface area is 123 Å². The van der Waals surface area contributed by atoms with Gasteiger partial charge in [-0.05, 0) is 38.2 Å². The quantitative estimate of drug-likeness (QED) is 0.896. The number of halogens is 2. The third kappa shape index (κ3) is 4.08. The fourth-order valence-corrected chi connectivity index (χ4v) is 2.49. The molecule has 0 spiro atoms. The Bertz CT molecular complexity index is 461. The molecule has 1 fully saturated rings. The van der Waals surface area contributed by atoms with Crippen LogP contribution in [0.1, 0.15) is 6.42 Å². The summed E-state index contributed by atoms with van der Waals surface area (Å²) in [6.45, 7) is 2.29. The van der Waals surface area contributed by atoms with Crippen molar-refractivity contribution in [2.45, 2.75) is 12.5 Å². The summed E-state index contributed by atoms with van der Waals surface area (Å²) in [5.41, 5.74) is 0.553. The lowest BCUT2D eigenvalue weighted by molar-refractivity contribution is -0.117. The zero-order valence-electron chi connectivity index (χ0n) is 10.7. The lowest BCUT2D eigenvalue weighted by atomic mass is 10.2. The average molecular weight is 302 g/mol. The number of rotatable bonds is 4. The third-order valence-electron chi connectivity index (χ3n) is 3.25. The first-order valence-electron chi connectivity index (χ1n) is 6.22. The number of nitrogens with zero attached hydrogens (tertiary/aromatic N) is 1. The molecule has 1 aliphatic rings. The largest absolute Gasteiger partial charge is 0.324 e. The Morgan fingerprint density at radius 1 is 1.53 bits per heavy atom. The first-order chi connectivity index (χ1) is 9.06. The molecule has 1 unspecified atom stereocenters. The van der Waals surface area contributed by atoms with Gasteiger partial charge in [0.05, 0.1) is 17.3 Å². The Morgan fingerprint density at radius 3 is 3.00 bits per heavy atom. The molecular formula is C13H17Cl2N3O. The van der Waals surface area contributed by atoms with E-state index in [2.05, 4.69) is 10.6 Å². The number of carbonyl (C=O) groups is 1. The lowest BCUT2D eigenvalue weighted by Crippen LogP contribution is -2.39. The van der Waals surface area contributed by atoms with Crippen molar-refractivity contribution in [2.24, 2.45) is 0 Å². The number of anilines is 1. The number of hydrogen-bond acceptors (Lipinski definition) is 3. The molecule has 1 aromatic rings. The van der Waals surface area contributed by atoms with E-state index in [1.807, 2.05) is 11.9 Å². The maximum absolute atomic E-state index is 12.0. The minimum atomic E-state index is -0.0847. The summed E-state index contributed by atoms with van der Waals surface area (Å²) in [5, 5.41) is 7.11. The van der Waals surface area contributed by atoms with Crippen molar-refractivity contribution in [1.82, 2.24) is 10.2 Å². The zero-order chi connectivity index (χ0) is 13.8. The molecule has 0 radical (unpaired) electrons. The van der Waals surface area contributed by atoms with E-state index < -0.39 is 0 Å². The van der Waals surface area contributed by atoms with Gasteiger partial charge in [-0.3, -0.25) is 9.69 Å². The first-order valence-corrected chi connectivity index (χ1v) is 6.97. The summed E-state index contributed by atoms with van der Waals surface area (Å²) in [5.74, 6) is -0.0847. The molecular weight excluding hydrogens is 285 g/mol. The van der Waals surface area contributed by atoms with Crippen LogP contribution in [-0.4, -0.2) is 43.5 Å². The van der Waals surface area contributed by atoms with E-state index in [0.29, 0.717) is 28.3 Å². The second-order valence-electron chi connectivity index (χ2n) is 4.73. The highest BCUT2D eigenvalue weighted by Crippen LogP contribution is 2.25. The first kappa shape index (κ1) is 14.6. The van der Waals surface area contributed by atoms with E-state index in [9.17, 15) is 4.79 Å². The molecule has 2 N–H and O–H groups in total. The summed E-state index contributed by atoms with van der Waals surface area (Å²) in [6.07, 6.45) is 1.07. The van der Waals surface area contributed by atoms with Crippen LogP contribution in [-0.2, 0) is 4.79 Å². The minimum absolute atomic E-state index is 0.0847. The molecule has 0 aromatic heterocycles. The fraction of sp³-hybridized carbons (Fsp3) is 0.462. The molecule has 0 aliphatic carbocycles. The summed E-state index contributed by atoms with van der Waals surface area (Å²) in [6, 6.07) is 5.43. The van der Waals surface area contributed by atoms with Crippen LogP contribution < -0.4 is 10.6 Å². The van der Waals surface area contributed by atoms with E-state index >= 15 is 0 Å². The van der Waals surface area contributed by atoms with E-state index in [-0.39, 0.29) is 5.91 Å². The van der Waals surface area contributed by atoms with Gasteiger partial charge in [-0.25, -0.2) is 0 Å². The van der Waals surface area contributed by atoms with Crippen molar-refractivity contribution < 1.29 is 4.79 Å². The molecule has 0 saturated carbocycles. The molecule has 0 bridgehead atoms.